The van der Waals surface area contributed by atoms with E-state index in [-0.39, 0.29) is 12.0 Å². The zero-order valence-electron chi connectivity index (χ0n) is 9.58. The highest BCUT2D eigenvalue weighted by Gasteiger charge is 2.37. The van der Waals surface area contributed by atoms with Crippen LogP contribution in [-0.4, -0.2) is 36.6 Å². The fourth-order valence-corrected chi connectivity index (χ4v) is 3.00. The average molecular weight is 211 g/mol. The van der Waals surface area contributed by atoms with Gasteiger partial charge >= 0.3 is 5.97 Å². The van der Waals surface area contributed by atoms with E-state index >= 15 is 0 Å². The fourth-order valence-electron chi connectivity index (χ4n) is 3.00. The van der Waals surface area contributed by atoms with Crippen LogP contribution < -0.4 is 0 Å². The third kappa shape index (κ3) is 2.33. The molecule has 0 N–H and O–H groups in total. The molecule has 0 bridgehead atoms. The van der Waals surface area contributed by atoms with Gasteiger partial charge in [-0.25, -0.2) is 0 Å². The van der Waals surface area contributed by atoms with Gasteiger partial charge in [0, 0.05) is 6.04 Å². The second-order valence-corrected chi connectivity index (χ2v) is 4.71. The van der Waals surface area contributed by atoms with Gasteiger partial charge in [0.15, 0.2) is 0 Å². The highest BCUT2D eigenvalue weighted by atomic mass is 16.5. The Hall–Kier alpha value is -0.570. The van der Waals surface area contributed by atoms with E-state index < -0.39 is 0 Å². The largest absolute Gasteiger partial charge is 0.468 e. The van der Waals surface area contributed by atoms with E-state index in [2.05, 4.69) is 4.90 Å². The molecular weight excluding hydrogens is 190 g/mol. The first-order valence-corrected chi connectivity index (χ1v) is 6.16. The van der Waals surface area contributed by atoms with Crippen LogP contribution in [0.3, 0.4) is 0 Å². The zero-order chi connectivity index (χ0) is 10.7. The number of ether oxygens (including phenoxy) is 1. The molecule has 0 saturated carbocycles. The third-order valence-corrected chi connectivity index (χ3v) is 3.82. The Kier molecular flexibility index (Phi) is 3.62. The minimum Gasteiger partial charge on any atom is -0.468 e. The molecule has 2 atom stereocenters. The second-order valence-electron chi connectivity index (χ2n) is 4.71. The minimum absolute atomic E-state index is 0.0296. The van der Waals surface area contributed by atoms with Gasteiger partial charge in [0.1, 0.15) is 6.04 Å². The summed E-state index contributed by atoms with van der Waals surface area (Å²) < 4.78 is 4.87. The molecule has 0 aliphatic carbocycles. The van der Waals surface area contributed by atoms with Crippen molar-refractivity contribution >= 4 is 5.97 Å². The van der Waals surface area contributed by atoms with Crippen molar-refractivity contribution in [2.45, 2.75) is 57.0 Å². The fraction of sp³-hybridized carbons (Fsp3) is 0.917. The van der Waals surface area contributed by atoms with Crippen molar-refractivity contribution in [1.82, 2.24) is 4.90 Å². The van der Waals surface area contributed by atoms with E-state index in [1.165, 1.54) is 45.6 Å². The van der Waals surface area contributed by atoms with E-state index in [1.54, 1.807) is 0 Å². The van der Waals surface area contributed by atoms with E-state index in [4.69, 9.17) is 4.74 Å². The Labute approximate surface area is 91.8 Å². The summed E-state index contributed by atoms with van der Waals surface area (Å²) in [6.07, 6.45) is 8.70. The van der Waals surface area contributed by atoms with Gasteiger partial charge in [0.05, 0.1) is 7.11 Å². The molecule has 86 valence electrons. The first-order valence-electron chi connectivity index (χ1n) is 6.16. The zero-order valence-corrected chi connectivity index (χ0v) is 9.58. The van der Waals surface area contributed by atoms with Gasteiger partial charge in [-0.15, -0.1) is 0 Å². The number of hydrogen-bond acceptors (Lipinski definition) is 3. The van der Waals surface area contributed by atoms with Gasteiger partial charge in [0.2, 0.25) is 0 Å². The summed E-state index contributed by atoms with van der Waals surface area (Å²) in [4.78, 5) is 14.0. The number of rotatable bonds is 1. The lowest BCUT2D eigenvalue weighted by atomic mass is 10.0. The van der Waals surface area contributed by atoms with Crippen LogP contribution in [0.5, 0.6) is 0 Å². The quantitative estimate of drug-likeness (QED) is 0.621. The molecule has 2 unspecified atom stereocenters. The summed E-state index contributed by atoms with van der Waals surface area (Å²) in [5, 5.41) is 0. The SMILES string of the molecule is COC(=O)C1CCC2CCCCCCN21. The van der Waals surface area contributed by atoms with Crippen molar-refractivity contribution in [3.05, 3.63) is 0 Å². The van der Waals surface area contributed by atoms with Gasteiger partial charge in [-0.1, -0.05) is 19.3 Å². The lowest BCUT2D eigenvalue weighted by molar-refractivity contribution is -0.146. The van der Waals surface area contributed by atoms with Crippen molar-refractivity contribution in [3.63, 3.8) is 0 Å². The monoisotopic (exact) mass is 211 g/mol. The van der Waals surface area contributed by atoms with Crippen LogP contribution >= 0.6 is 0 Å². The number of carbonyl (C=O) groups is 1. The van der Waals surface area contributed by atoms with E-state index in [9.17, 15) is 4.79 Å². The van der Waals surface area contributed by atoms with Crippen LogP contribution in [0, 0.1) is 0 Å². The van der Waals surface area contributed by atoms with Crippen molar-refractivity contribution in [2.24, 2.45) is 0 Å². The molecule has 2 heterocycles. The van der Waals surface area contributed by atoms with Gasteiger partial charge in [-0.05, 0) is 32.2 Å². The Morgan fingerprint density at radius 1 is 1.13 bits per heavy atom. The Balaban J connectivity index is 2.01. The van der Waals surface area contributed by atoms with Gasteiger partial charge in [-0.3, -0.25) is 9.69 Å². The topological polar surface area (TPSA) is 29.5 Å². The molecule has 2 rings (SSSR count). The smallest absolute Gasteiger partial charge is 0.323 e. The molecule has 2 aliphatic heterocycles. The summed E-state index contributed by atoms with van der Waals surface area (Å²) in [5.74, 6) is -0.0296. The molecular formula is C12H21NO2. The van der Waals surface area contributed by atoms with Crippen molar-refractivity contribution in [1.29, 1.82) is 0 Å². The first-order chi connectivity index (χ1) is 7.33. The molecule has 2 fully saturated rings. The maximum absolute atomic E-state index is 11.6. The molecule has 2 saturated heterocycles. The Morgan fingerprint density at radius 3 is 2.73 bits per heavy atom. The van der Waals surface area contributed by atoms with Crippen molar-refractivity contribution < 1.29 is 9.53 Å². The molecule has 3 nitrogen and oxygen atoms in total. The van der Waals surface area contributed by atoms with Crippen LogP contribution in [0.25, 0.3) is 0 Å². The number of carbonyl (C=O) groups excluding carboxylic acids is 1. The number of fused-ring (bicyclic) bond motifs is 1. The van der Waals surface area contributed by atoms with Crippen LogP contribution in [0.2, 0.25) is 0 Å². The molecule has 3 heteroatoms. The Morgan fingerprint density at radius 2 is 1.93 bits per heavy atom. The van der Waals surface area contributed by atoms with Crippen molar-refractivity contribution in [2.75, 3.05) is 13.7 Å². The van der Waals surface area contributed by atoms with Crippen LogP contribution in [0.15, 0.2) is 0 Å². The molecule has 0 aromatic heterocycles. The number of esters is 1. The first kappa shape index (κ1) is 10.9. The van der Waals surface area contributed by atoms with Crippen molar-refractivity contribution in [3.8, 4) is 0 Å². The second kappa shape index (κ2) is 4.97. The van der Waals surface area contributed by atoms with E-state index in [0.29, 0.717) is 6.04 Å². The normalized spacial score (nSPS) is 32.9. The summed E-state index contributed by atoms with van der Waals surface area (Å²) in [7, 11) is 1.50. The summed E-state index contributed by atoms with van der Waals surface area (Å²) in [5.41, 5.74) is 0. The van der Waals surface area contributed by atoms with E-state index in [0.717, 1.165) is 13.0 Å². The maximum Gasteiger partial charge on any atom is 0.323 e. The molecule has 2 aliphatic rings. The van der Waals surface area contributed by atoms with Crippen LogP contribution in [0.4, 0.5) is 0 Å². The van der Waals surface area contributed by atoms with Gasteiger partial charge in [-0.2, -0.15) is 0 Å². The Bertz CT molecular complexity index is 230. The number of methoxy groups -OCH3 is 1. The molecule has 0 amide bonds. The van der Waals surface area contributed by atoms with E-state index in [1.807, 2.05) is 0 Å². The minimum atomic E-state index is -0.0296. The standard InChI is InChI=1S/C12H21NO2/c1-15-12(14)11-8-7-10-6-4-2-3-5-9-13(10)11/h10-11H,2-9H2,1H3. The highest BCUT2D eigenvalue weighted by molar-refractivity contribution is 5.76. The third-order valence-electron chi connectivity index (χ3n) is 3.82. The lowest BCUT2D eigenvalue weighted by Crippen LogP contribution is -2.42. The van der Waals surface area contributed by atoms with Gasteiger partial charge in [0.25, 0.3) is 0 Å². The lowest BCUT2D eigenvalue weighted by Gasteiger charge is -2.30. The summed E-state index contributed by atoms with van der Waals surface area (Å²) >= 11 is 0. The maximum atomic E-state index is 11.6. The van der Waals surface area contributed by atoms with Crippen LogP contribution in [-0.2, 0) is 9.53 Å². The molecule has 0 aromatic carbocycles. The molecule has 0 aromatic rings. The highest BCUT2D eigenvalue weighted by Crippen LogP contribution is 2.30. The number of nitrogens with zero attached hydrogens (tertiary/aromatic N) is 1. The van der Waals surface area contributed by atoms with Gasteiger partial charge < -0.3 is 4.74 Å². The predicted octanol–water partition coefficient (Wildman–Crippen LogP) is 1.96. The molecule has 0 radical (unpaired) electrons. The predicted molar refractivity (Wildman–Crippen MR) is 58.6 cm³/mol. The summed E-state index contributed by atoms with van der Waals surface area (Å²) in [6.45, 7) is 1.09. The number of hydrogen-bond donors (Lipinski definition) is 0. The average Bonchev–Trinajstić information content (AvgIpc) is 2.59. The summed E-state index contributed by atoms with van der Waals surface area (Å²) in [6, 6.07) is 0.701. The molecule has 0 spiro atoms. The molecule has 15 heavy (non-hydrogen) atoms. The van der Waals surface area contributed by atoms with Crippen LogP contribution in [0.1, 0.15) is 44.9 Å².